The van der Waals surface area contributed by atoms with Crippen LogP contribution < -0.4 is 0 Å². The van der Waals surface area contributed by atoms with Crippen molar-refractivity contribution in [1.29, 1.82) is 0 Å². The third-order valence-electron chi connectivity index (χ3n) is 1.72. The summed E-state index contributed by atoms with van der Waals surface area (Å²) < 4.78 is 20.0. The highest BCUT2D eigenvalue weighted by atomic mass is 16.6. The van der Waals surface area contributed by atoms with E-state index in [0.29, 0.717) is 46.1 Å². The molecule has 0 aromatic heterocycles. The Balaban J connectivity index is 3.01. The van der Waals surface area contributed by atoms with Crippen LogP contribution in [0.3, 0.4) is 0 Å². The molecule has 0 aromatic rings. The van der Waals surface area contributed by atoms with Crippen molar-refractivity contribution in [2.45, 2.75) is 13.3 Å². The summed E-state index contributed by atoms with van der Waals surface area (Å²) in [6, 6.07) is 0. The maximum absolute atomic E-state index is 10.9. The third kappa shape index (κ3) is 13.2. The Hall–Kier alpha value is -0.690. The number of carbonyl (C=O) groups is 1. The number of hydrogen-bond acceptors (Lipinski definition) is 6. The van der Waals surface area contributed by atoms with Gasteiger partial charge in [-0.05, 0) is 13.3 Å². The Morgan fingerprint density at radius 2 is 1.59 bits per heavy atom. The Kier molecular flexibility index (Phi) is 12.8. The summed E-state index contributed by atoms with van der Waals surface area (Å²) in [5.74, 6) is -0.361. The van der Waals surface area contributed by atoms with E-state index in [0.717, 1.165) is 0 Å². The standard InChI is InChI=1S/C11H22O6/c1-2-17-11(13)10-16-9-8-15-7-6-14-5-3-4-12/h12H,2-10H2,1H3. The van der Waals surface area contributed by atoms with Gasteiger partial charge in [0.1, 0.15) is 6.61 Å². The molecule has 17 heavy (non-hydrogen) atoms. The average molecular weight is 250 g/mol. The topological polar surface area (TPSA) is 74.2 Å². The normalized spacial score (nSPS) is 10.5. The average Bonchev–Trinajstić information content (AvgIpc) is 2.32. The van der Waals surface area contributed by atoms with E-state index in [9.17, 15) is 4.79 Å². The lowest BCUT2D eigenvalue weighted by molar-refractivity contribution is -0.149. The minimum absolute atomic E-state index is 0.0375. The molecule has 0 saturated heterocycles. The molecular weight excluding hydrogens is 228 g/mol. The maximum Gasteiger partial charge on any atom is 0.332 e. The lowest BCUT2D eigenvalue weighted by Crippen LogP contribution is -2.16. The molecule has 0 unspecified atom stereocenters. The predicted molar refractivity (Wildman–Crippen MR) is 60.8 cm³/mol. The fourth-order valence-corrected chi connectivity index (χ4v) is 0.965. The first-order chi connectivity index (χ1) is 8.31. The Labute approximate surface area is 102 Å². The Morgan fingerprint density at radius 3 is 2.18 bits per heavy atom. The zero-order valence-electron chi connectivity index (χ0n) is 10.4. The van der Waals surface area contributed by atoms with E-state index >= 15 is 0 Å². The second kappa shape index (κ2) is 13.4. The first-order valence-corrected chi connectivity index (χ1v) is 5.81. The summed E-state index contributed by atoms with van der Waals surface area (Å²) in [4.78, 5) is 10.9. The summed E-state index contributed by atoms with van der Waals surface area (Å²) in [5, 5.41) is 8.48. The molecule has 0 aromatic carbocycles. The van der Waals surface area contributed by atoms with Crippen LogP contribution in [0.2, 0.25) is 0 Å². The molecule has 0 radical (unpaired) electrons. The van der Waals surface area contributed by atoms with Crippen LogP contribution in [0.25, 0.3) is 0 Å². The van der Waals surface area contributed by atoms with Crippen molar-refractivity contribution in [1.82, 2.24) is 0 Å². The molecule has 6 nitrogen and oxygen atoms in total. The molecule has 0 aliphatic carbocycles. The van der Waals surface area contributed by atoms with Crippen LogP contribution in [0, 0.1) is 0 Å². The highest BCUT2D eigenvalue weighted by Gasteiger charge is 2.00. The van der Waals surface area contributed by atoms with Crippen molar-refractivity contribution in [3.8, 4) is 0 Å². The molecule has 0 atom stereocenters. The first kappa shape index (κ1) is 16.3. The number of aliphatic hydroxyl groups is 1. The molecule has 0 amide bonds. The van der Waals surface area contributed by atoms with Crippen LogP contribution in [-0.4, -0.2) is 63.9 Å². The van der Waals surface area contributed by atoms with Gasteiger partial charge in [0.2, 0.25) is 0 Å². The summed E-state index contributed by atoms with van der Waals surface area (Å²) in [6.45, 7) is 4.51. The lowest BCUT2D eigenvalue weighted by Gasteiger charge is -2.06. The van der Waals surface area contributed by atoms with E-state index in [1.807, 2.05) is 0 Å². The van der Waals surface area contributed by atoms with Gasteiger partial charge in [-0.1, -0.05) is 0 Å². The molecular formula is C11H22O6. The van der Waals surface area contributed by atoms with Crippen molar-refractivity contribution in [3.63, 3.8) is 0 Å². The molecule has 0 aliphatic heterocycles. The zero-order valence-corrected chi connectivity index (χ0v) is 10.4. The number of esters is 1. The molecule has 0 saturated carbocycles. The summed E-state index contributed by atoms with van der Waals surface area (Å²) in [5.41, 5.74) is 0. The van der Waals surface area contributed by atoms with Crippen molar-refractivity contribution >= 4 is 5.97 Å². The van der Waals surface area contributed by atoms with Gasteiger partial charge in [-0.2, -0.15) is 0 Å². The smallest absolute Gasteiger partial charge is 0.332 e. The largest absolute Gasteiger partial charge is 0.464 e. The molecule has 0 aliphatic rings. The van der Waals surface area contributed by atoms with Gasteiger partial charge in [0, 0.05) is 13.2 Å². The molecule has 1 N–H and O–H groups in total. The van der Waals surface area contributed by atoms with E-state index in [1.54, 1.807) is 6.92 Å². The van der Waals surface area contributed by atoms with Crippen LogP contribution in [-0.2, 0) is 23.7 Å². The van der Waals surface area contributed by atoms with Crippen molar-refractivity contribution in [2.75, 3.05) is 52.9 Å². The van der Waals surface area contributed by atoms with Gasteiger partial charge in [0.15, 0.2) is 0 Å². The summed E-state index contributed by atoms with van der Waals surface area (Å²) in [7, 11) is 0. The molecule has 0 heterocycles. The molecule has 6 heteroatoms. The highest BCUT2D eigenvalue weighted by molar-refractivity contribution is 5.70. The number of carbonyl (C=O) groups excluding carboxylic acids is 1. The monoisotopic (exact) mass is 250 g/mol. The zero-order chi connectivity index (χ0) is 12.8. The van der Waals surface area contributed by atoms with E-state index in [4.69, 9.17) is 19.3 Å². The molecule has 0 spiro atoms. The second-order valence-electron chi connectivity index (χ2n) is 3.16. The molecule has 0 rings (SSSR count). The van der Waals surface area contributed by atoms with Gasteiger partial charge in [-0.3, -0.25) is 0 Å². The SMILES string of the molecule is CCOC(=O)COCCOCCOCCCO. The minimum Gasteiger partial charge on any atom is -0.464 e. The van der Waals surface area contributed by atoms with Crippen LogP contribution in [0.1, 0.15) is 13.3 Å². The van der Waals surface area contributed by atoms with Crippen molar-refractivity contribution < 1.29 is 28.8 Å². The Bertz CT molecular complexity index is 173. The number of hydrogen-bond donors (Lipinski definition) is 1. The van der Waals surface area contributed by atoms with Gasteiger partial charge in [-0.25, -0.2) is 4.79 Å². The van der Waals surface area contributed by atoms with Gasteiger partial charge < -0.3 is 24.1 Å². The quantitative estimate of drug-likeness (QED) is 0.387. The van der Waals surface area contributed by atoms with Gasteiger partial charge in [-0.15, -0.1) is 0 Å². The van der Waals surface area contributed by atoms with Crippen LogP contribution in [0.15, 0.2) is 0 Å². The minimum atomic E-state index is -0.361. The van der Waals surface area contributed by atoms with E-state index in [1.165, 1.54) is 0 Å². The van der Waals surface area contributed by atoms with E-state index in [2.05, 4.69) is 4.74 Å². The van der Waals surface area contributed by atoms with Gasteiger partial charge in [0.25, 0.3) is 0 Å². The number of aliphatic hydroxyl groups excluding tert-OH is 1. The fraction of sp³-hybridized carbons (Fsp3) is 0.909. The van der Waals surface area contributed by atoms with Gasteiger partial charge in [0.05, 0.1) is 33.0 Å². The number of rotatable bonds is 12. The van der Waals surface area contributed by atoms with E-state index in [-0.39, 0.29) is 19.2 Å². The predicted octanol–water partition coefficient (Wildman–Crippen LogP) is -0.0183. The Morgan fingerprint density at radius 1 is 1.00 bits per heavy atom. The molecule has 0 bridgehead atoms. The third-order valence-corrected chi connectivity index (χ3v) is 1.72. The summed E-state index contributed by atoms with van der Waals surface area (Å²) >= 11 is 0. The van der Waals surface area contributed by atoms with Crippen molar-refractivity contribution in [3.05, 3.63) is 0 Å². The van der Waals surface area contributed by atoms with Crippen molar-refractivity contribution in [2.24, 2.45) is 0 Å². The highest BCUT2D eigenvalue weighted by Crippen LogP contribution is 1.85. The van der Waals surface area contributed by atoms with Gasteiger partial charge >= 0.3 is 5.97 Å². The van der Waals surface area contributed by atoms with Crippen LogP contribution in [0.4, 0.5) is 0 Å². The molecule has 102 valence electrons. The second-order valence-corrected chi connectivity index (χ2v) is 3.16. The first-order valence-electron chi connectivity index (χ1n) is 5.81. The number of ether oxygens (including phenoxy) is 4. The lowest BCUT2D eigenvalue weighted by atomic mass is 10.5. The van der Waals surface area contributed by atoms with E-state index < -0.39 is 0 Å². The summed E-state index contributed by atoms with van der Waals surface area (Å²) in [6.07, 6.45) is 0.642. The fourth-order valence-electron chi connectivity index (χ4n) is 0.965. The van der Waals surface area contributed by atoms with Crippen LogP contribution in [0.5, 0.6) is 0 Å². The molecule has 0 fully saturated rings. The maximum atomic E-state index is 10.9. The van der Waals surface area contributed by atoms with Crippen LogP contribution >= 0.6 is 0 Å².